The molecule has 0 saturated heterocycles. The van der Waals surface area contributed by atoms with Crippen molar-refractivity contribution in [2.24, 2.45) is 0 Å². The van der Waals surface area contributed by atoms with Gasteiger partial charge in [0, 0.05) is 70.7 Å². The van der Waals surface area contributed by atoms with Gasteiger partial charge in [0.25, 0.3) is 0 Å². The van der Waals surface area contributed by atoms with Gasteiger partial charge in [-0.05, 0) is 49.2 Å². The van der Waals surface area contributed by atoms with Gasteiger partial charge in [-0.25, -0.2) is 0 Å². The predicted molar refractivity (Wildman–Crippen MR) is 227 cm³/mol. The molecular weight excluding hydrogens is 707 g/mol. The Kier molecular flexibility index (Phi) is 17.9. The zero-order valence-corrected chi connectivity index (χ0v) is 38.3. The number of benzene rings is 3. The van der Waals surface area contributed by atoms with E-state index in [4.69, 9.17) is 21.8 Å². The summed E-state index contributed by atoms with van der Waals surface area (Å²) in [5, 5.41) is 0. The van der Waals surface area contributed by atoms with Gasteiger partial charge in [-0.1, -0.05) is 114 Å². The highest BCUT2D eigenvalue weighted by Crippen LogP contribution is 2.29. The van der Waals surface area contributed by atoms with Crippen molar-refractivity contribution < 1.29 is 21.8 Å². The minimum atomic E-state index is -3.03. The Labute approximate surface area is 310 Å². The first kappa shape index (κ1) is 44.1. The molecule has 3 aromatic rings. The van der Waals surface area contributed by atoms with E-state index in [0.29, 0.717) is 12.1 Å². The highest BCUT2D eigenvalue weighted by molar-refractivity contribution is 6.80. The van der Waals surface area contributed by atoms with E-state index in [1.54, 1.807) is 28.4 Å². The number of para-hydroxylation sites is 3. The van der Waals surface area contributed by atoms with Crippen LogP contribution in [-0.4, -0.2) is 83.8 Å². The van der Waals surface area contributed by atoms with Gasteiger partial charge >= 0.3 is 17.6 Å². The van der Waals surface area contributed by atoms with Crippen LogP contribution in [0.1, 0.15) is 12.8 Å². The van der Waals surface area contributed by atoms with Crippen molar-refractivity contribution in [1.82, 2.24) is 0 Å². The minimum absolute atomic E-state index is 0.695. The van der Waals surface area contributed by atoms with Gasteiger partial charge in [0.15, 0.2) is 0 Å². The predicted octanol–water partition coefficient (Wildman–Crippen LogP) is 9.86. The second kappa shape index (κ2) is 20.3. The third kappa shape index (κ3) is 14.9. The first-order valence-corrected chi connectivity index (χ1v) is 32.1. The summed E-state index contributed by atoms with van der Waals surface area (Å²) in [6.45, 7) is 23.0. The first-order valence-electron chi connectivity index (χ1n) is 17.8. The summed E-state index contributed by atoms with van der Waals surface area (Å²) < 4.78 is 36.0. The molecular formula is C37H67N3O5Si5. The van der Waals surface area contributed by atoms with Gasteiger partial charge < -0.3 is 35.9 Å². The van der Waals surface area contributed by atoms with Crippen LogP contribution in [0.3, 0.4) is 0 Å². The Hall–Kier alpha value is -2.06. The van der Waals surface area contributed by atoms with E-state index in [1.807, 2.05) is 6.07 Å². The lowest BCUT2D eigenvalue weighted by Gasteiger charge is -2.39. The van der Waals surface area contributed by atoms with Crippen LogP contribution in [0.15, 0.2) is 91.0 Å². The molecule has 0 aromatic heterocycles. The summed E-state index contributed by atoms with van der Waals surface area (Å²) in [4.78, 5) is 3.52. The number of nitrogens with one attached hydrogen (secondary N) is 1. The van der Waals surface area contributed by atoms with Crippen LogP contribution >= 0.6 is 0 Å². The molecule has 0 amide bonds. The number of rotatable bonds is 20. The molecule has 0 saturated carbocycles. The van der Waals surface area contributed by atoms with Gasteiger partial charge in [0.05, 0.1) is 0 Å². The standard InChI is InChI=1S/C28H52N2O5Si4.C9H15NSi/c1-31-38(32-2,25-17-23-29(36(5,6)7)27-19-13-11-14-20-27)35-39(33-3,34-4)26-18-24-30(37(8,9)10)28-21-15-12-16-22-28;1-11(2,3)10-9-7-5-4-6-8-9/h11-16,19-22H,17-18,23-26H2,1-10H3;4-8,10H,1-3H3. The van der Waals surface area contributed by atoms with Crippen molar-refractivity contribution in [3.8, 4) is 0 Å². The average Bonchev–Trinajstić information content (AvgIpc) is 3.07. The van der Waals surface area contributed by atoms with Crippen molar-refractivity contribution in [3.63, 3.8) is 0 Å². The molecule has 0 bridgehead atoms. The smallest absolute Gasteiger partial charge is 0.411 e. The molecule has 50 heavy (non-hydrogen) atoms. The van der Waals surface area contributed by atoms with Crippen molar-refractivity contribution in [1.29, 1.82) is 0 Å². The number of anilines is 3. The summed E-state index contributed by atoms with van der Waals surface area (Å²) in [7, 11) is -3.63. The maximum absolute atomic E-state index is 6.74. The van der Waals surface area contributed by atoms with E-state index >= 15 is 0 Å². The van der Waals surface area contributed by atoms with Crippen molar-refractivity contribution in [2.45, 2.75) is 83.9 Å². The largest absolute Gasteiger partial charge is 0.493 e. The Bertz CT molecular complexity index is 1260. The Morgan fingerprint density at radius 2 is 0.800 bits per heavy atom. The number of hydrogen-bond donors (Lipinski definition) is 1. The summed E-state index contributed by atoms with van der Waals surface area (Å²) in [6.07, 6.45) is 1.78. The summed E-state index contributed by atoms with van der Waals surface area (Å²) in [5.41, 5.74) is 3.77. The van der Waals surface area contributed by atoms with Gasteiger partial charge in [-0.3, -0.25) is 0 Å². The van der Waals surface area contributed by atoms with E-state index in [9.17, 15) is 0 Å². The topological polar surface area (TPSA) is 64.7 Å². The molecule has 0 spiro atoms. The SMILES string of the molecule is CO[Si](CCCN(c1ccccc1)[Si](C)(C)C)(OC)O[Si](CCCN(c1ccccc1)[Si](C)(C)C)(OC)OC.C[Si](C)(C)Nc1ccccc1. The zero-order valence-electron chi connectivity index (χ0n) is 33.3. The van der Waals surface area contributed by atoms with E-state index in [1.165, 1.54) is 17.1 Å². The minimum Gasteiger partial charge on any atom is -0.411 e. The summed E-state index contributed by atoms with van der Waals surface area (Å²) in [5.74, 6) is 0. The van der Waals surface area contributed by atoms with Gasteiger partial charge in [0.1, 0.15) is 24.7 Å². The highest BCUT2D eigenvalue weighted by Gasteiger charge is 2.51. The van der Waals surface area contributed by atoms with Gasteiger partial charge in [-0.2, -0.15) is 0 Å². The van der Waals surface area contributed by atoms with Crippen molar-refractivity contribution >= 4 is 59.4 Å². The van der Waals surface area contributed by atoms with E-state index in [2.05, 4.69) is 158 Å². The molecule has 8 nitrogen and oxygen atoms in total. The fourth-order valence-corrected chi connectivity index (χ4v) is 16.8. The van der Waals surface area contributed by atoms with Crippen LogP contribution in [0.2, 0.25) is 71.0 Å². The number of nitrogens with zero attached hydrogens (tertiary/aromatic N) is 2. The molecule has 0 aliphatic carbocycles. The Balaban J connectivity index is 0.000000666. The van der Waals surface area contributed by atoms with Crippen LogP contribution in [0.5, 0.6) is 0 Å². The van der Waals surface area contributed by atoms with E-state index in [-0.39, 0.29) is 0 Å². The Morgan fingerprint density at radius 3 is 1.08 bits per heavy atom. The normalized spacial score (nSPS) is 12.6. The average molecular weight is 774 g/mol. The van der Waals surface area contributed by atoms with Gasteiger partial charge in [-0.15, -0.1) is 0 Å². The molecule has 0 aliphatic rings. The molecule has 3 rings (SSSR count). The van der Waals surface area contributed by atoms with E-state index < -0.39 is 42.3 Å². The molecule has 1 N–H and O–H groups in total. The lowest BCUT2D eigenvalue weighted by Crippen LogP contribution is -2.58. The molecule has 0 heterocycles. The molecule has 0 radical (unpaired) electrons. The van der Waals surface area contributed by atoms with Crippen molar-refractivity contribution in [3.05, 3.63) is 91.0 Å². The van der Waals surface area contributed by atoms with Gasteiger partial charge in [0.2, 0.25) is 0 Å². The molecule has 280 valence electrons. The van der Waals surface area contributed by atoms with Crippen molar-refractivity contribution in [2.75, 3.05) is 55.6 Å². The Morgan fingerprint density at radius 1 is 0.480 bits per heavy atom. The molecule has 3 aromatic carbocycles. The van der Waals surface area contributed by atoms with Crippen LogP contribution < -0.4 is 14.1 Å². The van der Waals surface area contributed by atoms with Crippen LogP contribution in [0, 0.1) is 0 Å². The second-order valence-corrected chi connectivity index (χ2v) is 36.2. The fourth-order valence-electron chi connectivity index (χ4n) is 5.86. The maximum Gasteiger partial charge on any atom is 0.493 e. The van der Waals surface area contributed by atoms with Crippen LogP contribution in [-0.2, 0) is 21.8 Å². The highest BCUT2D eigenvalue weighted by atomic mass is 28.5. The van der Waals surface area contributed by atoms with Crippen LogP contribution in [0.25, 0.3) is 0 Å². The fraction of sp³-hybridized carbons (Fsp3) is 0.514. The maximum atomic E-state index is 6.74. The number of hydrogen-bond acceptors (Lipinski definition) is 8. The zero-order chi connectivity index (χ0) is 37.5. The molecule has 0 atom stereocenters. The van der Waals surface area contributed by atoms with E-state index in [0.717, 1.165) is 25.9 Å². The molecule has 0 unspecified atom stereocenters. The second-order valence-electron chi connectivity index (χ2n) is 15.5. The third-order valence-electron chi connectivity index (χ3n) is 8.33. The molecule has 13 heteroatoms. The lowest BCUT2D eigenvalue weighted by molar-refractivity contribution is 0.0862. The monoisotopic (exact) mass is 773 g/mol. The summed E-state index contributed by atoms with van der Waals surface area (Å²) in [6, 6.07) is 33.1. The molecule has 0 fully saturated rings. The lowest BCUT2D eigenvalue weighted by atomic mass is 10.3. The first-order chi connectivity index (χ1) is 23.4. The third-order valence-corrected chi connectivity index (χ3v) is 20.5. The molecule has 0 aliphatic heterocycles. The summed E-state index contributed by atoms with van der Waals surface area (Å²) >= 11 is 0. The van der Waals surface area contributed by atoms with Crippen LogP contribution in [0.4, 0.5) is 17.1 Å². The quantitative estimate of drug-likeness (QED) is 0.114.